The standard InChI is InChI=1S/C33H33NO6/c1-3-38-32(39-4-2)24-16-15-22-17-21(13-14-23(22)19-24)18-30(31(35)36)34-33(37)40-20-29-27-11-7-5-9-25(27)26-10-6-8-12-28(26)29/h5-17,19,29-30,32H,3-4,18,20H2,1-2H3,(H,34,37)(H,35,36)/t30-/m0/s1. The highest BCUT2D eigenvalue weighted by Gasteiger charge is 2.30. The zero-order valence-corrected chi connectivity index (χ0v) is 22.6. The van der Waals surface area contributed by atoms with Gasteiger partial charge in [0.25, 0.3) is 0 Å². The topological polar surface area (TPSA) is 94.1 Å². The van der Waals surface area contributed by atoms with Gasteiger partial charge in [0.15, 0.2) is 6.29 Å². The Bertz CT molecular complexity index is 1460. The number of alkyl carbamates (subject to hydrolysis) is 1. The first-order valence-corrected chi connectivity index (χ1v) is 13.6. The Balaban J connectivity index is 1.24. The Morgan fingerprint density at radius 3 is 2.05 bits per heavy atom. The van der Waals surface area contributed by atoms with Gasteiger partial charge in [-0.2, -0.15) is 0 Å². The molecule has 4 aromatic rings. The largest absolute Gasteiger partial charge is 0.480 e. The highest BCUT2D eigenvalue weighted by Crippen LogP contribution is 2.44. The van der Waals surface area contributed by atoms with Crippen LogP contribution in [-0.2, 0) is 25.4 Å². The molecule has 0 bridgehead atoms. The quantitative estimate of drug-likeness (QED) is 0.213. The number of aliphatic carboxylic acids is 1. The number of rotatable bonds is 11. The molecular formula is C33H33NO6. The van der Waals surface area contributed by atoms with Gasteiger partial charge in [-0.25, -0.2) is 9.59 Å². The van der Waals surface area contributed by atoms with Gasteiger partial charge in [-0.15, -0.1) is 0 Å². The molecule has 1 aliphatic carbocycles. The minimum atomic E-state index is -1.13. The Labute approximate surface area is 233 Å². The van der Waals surface area contributed by atoms with Gasteiger partial charge in [0.05, 0.1) is 0 Å². The Hall–Kier alpha value is -4.20. The van der Waals surface area contributed by atoms with E-state index in [0.717, 1.165) is 44.2 Å². The number of fused-ring (bicyclic) bond motifs is 4. The molecule has 0 saturated carbocycles. The molecule has 0 aromatic heterocycles. The zero-order valence-electron chi connectivity index (χ0n) is 22.6. The van der Waals surface area contributed by atoms with E-state index in [0.29, 0.717) is 13.2 Å². The van der Waals surface area contributed by atoms with E-state index in [1.807, 2.05) is 86.6 Å². The van der Waals surface area contributed by atoms with E-state index in [4.69, 9.17) is 14.2 Å². The number of nitrogens with one attached hydrogen (secondary N) is 1. The third-order valence-corrected chi connectivity index (χ3v) is 7.21. The molecule has 0 aliphatic heterocycles. The predicted octanol–water partition coefficient (Wildman–Crippen LogP) is 6.45. The number of amides is 1. The van der Waals surface area contributed by atoms with Crippen molar-refractivity contribution in [3.8, 4) is 11.1 Å². The van der Waals surface area contributed by atoms with E-state index in [-0.39, 0.29) is 18.9 Å². The molecule has 1 aliphatic rings. The molecular weight excluding hydrogens is 506 g/mol. The average molecular weight is 540 g/mol. The van der Waals surface area contributed by atoms with Gasteiger partial charge in [-0.1, -0.05) is 78.9 Å². The smallest absolute Gasteiger partial charge is 0.407 e. The molecule has 0 spiro atoms. The van der Waals surface area contributed by atoms with Crippen molar-refractivity contribution < 1.29 is 28.9 Å². The first kappa shape index (κ1) is 27.4. The number of carbonyl (C=O) groups excluding carboxylic acids is 1. The normalized spacial score (nSPS) is 13.2. The summed E-state index contributed by atoms with van der Waals surface area (Å²) in [6.45, 7) is 5.04. The maximum absolute atomic E-state index is 12.7. The minimum Gasteiger partial charge on any atom is -0.480 e. The first-order valence-electron chi connectivity index (χ1n) is 13.6. The molecule has 206 valence electrons. The van der Waals surface area contributed by atoms with E-state index in [2.05, 4.69) is 17.4 Å². The third kappa shape index (κ3) is 5.86. The Morgan fingerprint density at radius 2 is 1.43 bits per heavy atom. The first-order chi connectivity index (χ1) is 19.5. The highest BCUT2D eigenvalue weighted by molar-refractivity contribution is 5.85. The molecule has 1 amide bonds. The summed E-state index contributed by atoms with van der Waals surface area (Å²) < 4.78 is 17.0. The number of carboxylic acid groups (broad SMARTS) is 1. The van der Waals surface area contributed by atoms with Gasteiger partial charge in [0.1, 0.15) is 12.6 Å². The highest BCUT2D eigenvalue weighted by atomic mass is 16.7. The van der Waals surface area contributed by atoms with Crippen LogP contribution >= 0.6 is 0 Å². The SMILES string of the molecule is CCOC(OCC)c1ccc2cc(C[C@H](NC(=O)OCC3c4ccccc4-c4ccccc43)C(=O)O)ccc2c1. The van der Waals surface area contributed by atoms with Crippen LogP contribution in [0.5, 0.6) is 0 Å². The molecule has 2 N–H and O–H groups in total. The molecule has 0 fully saturated rings. The molecule has 0 radical (unpaired) electrons. The molecule has 0 heterocycles. The number of hydrogen-bond donors (Lipinski definition) is 2. The van der Waals surface area contributed by atoms with Crippen molar-refractivity contribution in [2.24, 2.45) is 0 Å². The average Bonchev–Trinajstić information content (AvgIpc) is 3.29. The lowest BCUT2D eigenvalue weighted by molar-refractivity contribution is -0.140. The number of hydrogen-bond acceptors (Lipinski definition) is 5. The van der Waals surface area contributed by atoms with Gasteiger partial charge in [-0.05, 0) is 58.5 Å². The summed E-state index contributed by atoms with van der Waals surface area (Å²) >= 11 is 0. The van der Waals surface area contributed by atoms with Crippen LogP contribution in [0.4, 0.5) is 4.79 Å². The lowest BCUT2D eigenvalue weighted by Gasteiger charge is -2.18. The molecule has 7 nitrogen and oxygen atoms in total. The second kappa shape index (κ2) is 12.3. The number of carbonyl (C=O) groups is 2. The summed E-state index contributed by atoms with van der Waals surface area (Å²) in [6, 6.07) is 26.7. The number of ether oxygens (including phenoxy) is 3. The fraction of sp³-hybridized carbons (Fsp3) is 0.273. The van der Waals surface area contributed by atoms with E-state index >= 15 is 0 Å². The maximum atomic E-state index is 12.7. The van der Waals surface area contributed by atoms with E-state index in [1.165, 1.54) is 0 Å². The molecule has 0 saturated heterocycles. The summed E-state index contributed by atoms with van der Waals surface area (Å²) in [4.78, 5) is 24.8. The fourth-order valence-corrected chi connectivity index (χ4v) is 5.35. The van der Waals surface area contributed by atoms with Crippen molar-refractivity contribution in [1.82, 2.24) is 5.32 Å². The molecule has 7 heteroatoms. The molecule has 1 atom stereocenters. The van der Waals surface area contributed by atoms with Crippen molar-refractivity contribution in [1.29, 1.82) is 0 Å². The lowest BCUT2D eigenvalue weighted by atomic mass is 9.98. The van der Waals surface area contributed by atoms with Gasteiger partial charge in [0.2, 0.25) is 0 Å². The van der Waals surface area contributed by atoms with Crippen molar-refractivity contribution in [3.05, 3.63) is 107 Å². The fourth-order valence-electron chi connectivity index (χ4n) is 5.35. The van der Waals surface area contributed by atoms with Crippen molar-refractivity contribution in [3.63, 3.8) is 0 Å². The summed E-state index contributed by atoms with van der Waals surface area (Å²) in [5.41, 5.74) is 6.16. The van der Waals surface area contributed by atoms with Gasteiger partial charge in [0, 0.05) is 31.1 Å². The summed E-state index contributed by atoms with van der Waals surface area (Å²) in [6.07, 6.45) is -1.06. The van der Waals surface area contributed by atoms with Crippen LogP contribution in [0.1, 0.15) is 48.3 Å². The van der Waals surface area contributed by atoms with Crippen LogP contribution in [0.15, 0.2) is 84.9 Å². The summed E-state index contributed by atoms with van der Waals surface area (Å²) in [7, 11) is 0. The lowest BCUT2D eigenvalue weighted by Crippen LogP contribution is -2.42. The minimum absolute atomic E-state index is 0.100. The monoisotopic (exact) mass is 539 g/mol. The molecule has 5 rings (SSSR count). The van der Waals surface area contributed by atoms with Crippen molar-refractivity contribution in [2.45, 2.75) is 38.5 Å². The molecule has 0 unspecified atom stereocenters. The second-order valence-electron chi connectivity index (χ2n) is 9.75. The predicted molar refractivity (Wildman–Crippen MR) is 153 cm³/mol. The Morgan fingerprint density at radius 1 is 0.825 bits per heavy atom. The molecule has 40 heavy (non-hydrogen) atoms. The van der Waals surface area contributed by atoms with Gasteiger partial charge >= 0.3 is 12.1 Å². The van der Waals surface area contributed by atoms with Crippen molar-refractivity contribution >= 4 is 22.8 Å². The summed E-state index contributed by atoms with van der Waals surface area (Å²) in [5.74, 6) is -1.22. The van der Waals surface area contributed by atoms with Crippen LogP contribution in [0, 0.1) is 0 Å². The van der Waals surface area contributed by atoms with Crippen LogP contribution < -0.4 is 5.32 Å². The third-order valence-electron chi connectivity index (χ3n) is 7.21. The Kier molecular flexibility index (Phi) is 8.43. The van der Waals surface area contributed by atoms with Crippen LogP contribution in [0.2, 0.25) is 0 Å². The van der Waals surface area contributed by atoms with Crippen LogP contribution in [0.3, 0.4) is 0 Å². The number of carboxylic acids is 1. The molecule has 4 aromatic carbocycles. The summed E-state index contributed by atoms with van der Waals surface area (Å²) in [5, 5.41) is 14.3. The van der Waals surface area contributed by atoms with Crippen LogP contribution in [0.25, 0.3) is 21.9 Å². The van der Waals surface area contributed by atoms with Crippen molar-refractivity contribution in [2.75, 3.05) is 19.8 Å². The van der Waals surface area contributed by atoms with E-state index in [1.54, 1.807) is 0 Å². The van der Waals surface area contributed by atoms with Gasteiger partial charge in [-0.3, -0.25) is 0 Å². The van der Waals surface area contributed by atoms with E-state index < -0.39 is 24.4 Å². The number of benzene rings is 4. The van der Waals surface area contributed by atoms with E-state index in [9.17, 15) is 14.7 Å². The maximum Gasteiger partial charge on any atom is 0.407 e. The van der Waals surface area contributed by atoms with Gasteiger partial charge < -0.3 is 24.6 Å². The zero-order chi connectivity index (χ0) is 28.1. The second-order valence-corrected chi connectivity index (χ2v) is 9.75. The van der Waals surface area contributed by atoms with Crippen LogP contribution in [-0.4, -0.2) is 43.0 Å².